The Balaban J connectivity index is 3.85. The topological polar surface area (TPSA) is 103 Å². The van der Waals surface area contributed by atoms with Gasteiger partial charge in [-0.2, -0.15) is 0 Å². The van der Waals surface area contributed by atoms with E-state index in [9.17, 15) is 4.79 Å². The number of aliphatic imine (C=N–C) groups is 1. The Kier molecular flexibility index (Phi) is 6.48. The second kappa shape index (κ2) is 7.05. The normalized spacial score (nSPS) is 12.4. The Morgan fingerprint density at radius 1 is 1.38 bits per heavy atom. The van der Waals surface area contributed by atoms with Gasteiger partial charge in [0.2, 0.25) is 0 Å². The minimum absolute atomic E-state index is 0.0753. The van der Waals surface area contributed by atoms with E-state index in [0.717, 1.165) is 12.8 Å². The summed E-state index contributed by atoms with van der Waals surface area (Å²) in [4.78, 5) is 15.2. The van der Waals surface area contributed by atoms with E-state index < -0.39 is 11.7 Å². The molecule has 0 aliphatic rings. The maximum atomic E-state index is 11.2. The van der Waals surface area contributed by atoms with Crippen molar-refractivity contribution in [3.8, 4) is 0 Å². The molecule has 5 N–H and O–H groups in total. The lowest BCUT2D eigenvalue weighted by atomic mass is 10.2. The molecule has 16 heavy (non-hydrogen) atoms. The molecule has 94 valence electrons. The first kappa shape index (κ1) is 14.7. The van der Waals surface area contributed by atoms with E-state index in [4.69, 9.17) is 16.2 Å². The summed E-state index contributed by atoms with van der Waals surface area (Å²) in [5.41, 5.74) is 10.3. The Labute approximate surface area is 96.4 Å². The molecule has 0 heterocycles. The number of nitrogens with zero attached hydrogens (tertiary/aromatic N) is 1. The van der Waals surface area contributed by atoms with Crippen LogP contribution in [0.15, 0.2) is 4.99 Å². The van der Waals surface area contributed by atoms with Crippen molar-refractivity contribution in [3.05, 3.63) is 0 Å². The van der Waals surface area contributed by atoms with Gasteiger partial charge < -0.3 is 16.2 Å². The van der Waals surface area contributed by atoms with E-state index in [1.807, 2.05) is 0 Å². The van der Waals surface area contributed by atoms with Gasteiger partial charge in [0.25, 0.3) is 0 Å². The summed E-state index contributed by atoms with van der Waals surface area (Å²) in [6, 6.07) is 0. The minimum Gasteiger partial charge on any atom is -0.444 e. The molecular formula is C10H22N4O2. The molecule has 0 unspecified atom stereocenters. The van der Waals surface area contributed by atoms with Crippen molar-refractivity contribution < 1.29 is 9.53 Å². The Bertz CT molecular complexity index is 246. The largest absolute Gasteiger partial charge is 0.444 e. The molecule has 0 radical (unpaired) electrons. The van der Waals surface area contributed by atoms with Gasteiger partial charge in [-0.05, 0) is 40.2 Å². The van der Waals surface area contributed by atoms with Gasteiger partial charge in [0.15, 0.2) is 5.96 Å². The summed E-state index contributed by atoms with van der Waals surface area (Å²) in [7, 11) is 0. The number of hydrogen-bond donors (Lipinski definition) is 3. The van der Waals surface area contributed by atoms with Crippen LogP contribution >= 0.6 is 0 Å². The molecule has 6 heteroatoms. The number of carbonyl (C=O) groups excluding carboxylic acids is 1. The molecule has 0 atom stereocenters. The van der Waals surface area contributed by atoms with E-state index in [0.29, 0.717) is 13.1 Å². The van der Waals surface area contributed by atoms with E-state index in [-0.39, 0.29) is 5.96 Å². The zero-order valence-electron chi connectivity index (χ0n) is 10.2. The predicted octanol–water partition coefficient (Wildman–Crippen LogP) is 0.565. The highest BCUT2D eigenvalue weighted by Crippen LogP contribution is 2.05. The lowest BCUT2D eigenvalue weighted by molar-refractivity contribution is 0.0562. The van der Waals surface area contributed by atoms with E-state index in [2.05, 4.69) is 10.3 Å². The lowest BCUT2D eigenvalue weighted by Gasteiger charge is -2.19. The first-order valence-electron chi connectivity index (χ1n) is 5.35. The summed E-state index contributed by atoms with van der Waals surface area (Å²) >= 11 is 0. The highest BCUT2D eigenvalue weighted by atomic mass is 16.6. The van der Waals surface area contributed by atoms with Crippen molar-refractivity contribution in [1.29, 1.82) is 0 Å². The molecule has 0 spiro atoms. The number of nitrogens with one attached hydrogen (secondary N) is 1. The second-order valence-electron chi connectivity index (χ2n) is 4.39. The molecule has 0 aliphatic heterocycles. The van der Waals surface area contributed by atoms with Crippen LogP contribution in [0.1, 0.15) is 33.6 Å². The van der Waals surface area contributed by atoms with Crippen molar-refractivity contribution in [3.63, 3.8) is 0 Å². The average Bonchev–Trinajstić information content (AvgIpc) is 2.09. The number of amides is 1. The highest BCUT2D eigenvalue weighted by molar-refractivity contribution is 5.92. The van der Waals surface area contributed by atoms with Crippen molar-refractivity contribution in [2.75, 3.05) is 13.1 Å². The molecule has 0 aromatic rings. The van der Waals surface area contributed by atoms with Crippen LogP contribution in [0.2, 0.25) is 0 Å². The van der Waals surface area contributed by atoms with E-state index in [1.54, 1.807) is 20.8 Å². The molecule has 0 saturated heterocycles. The number of guanidine groups is 1. The van der Waals surface area contributed by atoms with Crippen LogP contribution in [0.25, 0.3) is 0 Å². The highest BCUT2D eigenvalue weighted by Gasteiger charge is 2.16. The molecular weight excluding hydrogens is 208 g/mol. The molecule has 1 amide bonds. The molecule has 0 saturated carbocycles. The van der Waals surface area contributed by atoms with Crippen LogP contribution in [0.3, 0.4) is 0 Å². The third kappa shape index (κ3) is 9.26. The molecule has 0 aromatic heterocycles. The van der Waals surface area contributed by atoms with Gasteiger partial charge in [0, 0.05) is 6.54 Å². The van der Waals surface area contributed by atoms with Gasteiger partial charge in [0.1, 0.15) is 5.60 Å². The fraction of sp³-hybridized carbons (Fsp3) is 0.800. The number of hydrogen-bond acceptors (Lipinski definition) is 4. The molecule has 0 aromatic carbocycles. The third-order valence-electron chi connectivity index (χ3n) is 1.52. The zero-order valence-corrected chi connectivity index (χ0v) is 10.2. The van der Waals surface area contributed by atoms with Gasteiger partial charge in [-0.3, -0.25) is 10.3 Å². The average molecular weight is 230 g/mol. The number of rotatable bonds is 4. The molecule has 0 rings (SSSR count). The number of alkyl carbamates (subject to hydrolysis) is 1. The number of ether oxygens (including phenoxy) is 1. The second-order valence-corrected chi connectivity index (χ2v) is 4.39. The fourth-order valence-electron chi connectivity index (χ4n) is 0.903. The van der Waals surface area contributed by atoms with Crippen molar-refractivity contribution in [2.24, 2.45) is 16.5 Å². The summed E-state index contributed by atoms with van der Waals surface area (Å²) in [5.74, 6) is 0.0753. The first-order valence-corrected chi connectivity index (χ1v) is 5.35. The molecule has 0 aliphatic carbocycles. The van der Waals surface area contributed by atoms with Crippen LogP contribution in [-0.4, -0.2) is 30.7 Å². The predicted molar refractivity (Wildman–Crippen MR) is 64.1 cm³/mol. The maximum Gasteiger partial charge on any atom is 0.414 e. The van der Waals surface area contributed by atoms with Gasteiger partial charge in [0.05, 0.1) is 0 Å². The summed E-state index contributed by atoms with van der Waals surface area (Å²) in [6.07, 6.45) is 1.16. The third-order valence-corrected chi connectivity index (χ3v) is 1.52. The van der Waals surface area contributed by atoms with Crippen LogP contribution in [0, 0.1) is 0 Å². The quantitative estimate of drug-likeness (QED) is 0.373. The number of nitrogens with two attached hydrogens (primary N) is 2. The standard InChI is InChI=1S/C10H22N4O2/c1-10(2,3)16-9(15)14-8(12)13-7-5-4-6-11/h4-7,11H2,1-3H3,(H3,12,13,14,15). The number of carbonyl (C=O) groups is 1. The van der Waals surface area contributed by atoms with Crippen molar-refractivity contribution in [2.45, 2.75) is 39.2 Å². The van der Waals surface area contributed by atoms with Gasteiger partial charge in [-0.1, -0.05) is 0 Å². The van der Waals surface area contributed by atoms with Crippen LogP contribution < -0.4 is 16.8 Å². The lowest BCUT2D eigenvalue weighted by Crippen LogP contribution is -2.40. The van der Waals surface area contributed by atoms with Crippen molar-refractivity contribution in [1.82, 2.24) is 5.32 Å². The van der Waals surface area contributed by atoms with Gasteiger partial charge in [-0.25, -0.2) is 4.79 Å². The minimum atomic E-state index is -0.590. The van der Waals surface area contributed by atoms with Crippen LogP contribution in [-0.2, 0) is 4.74 Å². The summed E-state index contributed by atoms with van der Waals surface area (Å²) < 4.78 is 5.00. The van der Waals surface area contributed by atoms with Gasteiger partial charge in [-0.15, -0.1) is 0 Å². The smallest absolute Gasteiger partial charge is 0.414 e. The SMILES string of the molecule is CC(C)(C)OC(=O)NC(N)=NCCCCN. The van der Waals surface area contributed by atoms with Crippen LogP contribution in [0.5, 0.6) is 0 Å². The van der Waals surface area contributed by atoms with Crippen molar-refractivity contribution >= 4 is 12.1 Å². The molecule has 0 bridgehead atoms. The number of unbranched alkanes of at least 4 members (excludes halogenated alkanes) is 1. The molecule has 6 nitrogen and oxygen atoms in total. The first-order chi connectivity index (χ1) is 7.35. The van der Waals surface area contributed by atoms with Gasteiger partial charge >= 0.3 is 6.09 Å². The maximum absolute atomic E-state index is 11.2. The molecule has 0 fully saturated rings. The van der Waals surface area contributed by atoms with Crippen LogP contribution in [0.4, 0.5) is 4.79 Å². The van der Waals surface area contributed by atoms with E-state index in [1.165, 1.54) is 0 Å². The Hall–Kier alpha value is -1.30. The fourth-order valence-corrected chi connectivity index (χ4v) is 0.903. The summed E-state index contributed by atoms with van der Waals surface area (Å²) in [6.45, 7) is 6.53. The van der Waals surface area contributed by atoms with E-state index >= 15 is 0 Å². The Morgan fingerprint density at radius 2 is 2.00 bits per heavy atom. The summed E-state index contributed by atoms with van der Waals surface area (Å²) in [5, 5.41) is 2.35. The Morgan fingerprint density at radius 3 is 2.50 bits per heavy atom. The zero-order chi connectivity index (χ0) is 12.6. The monoisotopic (exact) mass is 230 g/mol.